The molecule has 1 aliphatic rings. The van der Waals surface area contributed by atoms with Gasteiger partial charge in [-0.25, -0.2) is 4.98 Å². The number of hydrogen-bond acceptors (Lipinski definition) is 3. The molecule has 3 rings (SSSR count). The molecule has 1 aliphatic carbocycles. The Kier molecular flexibility index (Phi) is 3.85. The smallest absolute Gasteiger partial charge is 0.109 e. The fourth-order valence-electron chi connectivity index (χ4n) is 2.68. The average molecular weight is 316 g/mol. The molecule has 3 N–H and O–H groups in total. The number of hydrogen-bond donors (Lipinski definition) is 2. The van der Waals surface area contributed by atoms with Crippen LogP contribution in [0.4, 0.5) is 0 Å². The Labute approximate surface area is 126 Å². The van der Waals surface area contributed by atoms with Crippen LogP contribution in [0, 0.1) is 0 Å². The third-order valence-electron chi connectivity index (χ3n) is 3.64. The van der Waals surface area contributed by atoms with Crippen molar-refractivity contribution in [2.75, 3.05) is 0 Å². The van der Waals surface area contributed by atoms with Gasteiger partial charge >= 0.3 is 0 Å². The van der Waals surface area contributed by atoms with Crippen molar-refractivity contribution in [3.05, 3.63) is 26.8 Å². The van der Waals surface area contributed by atoms with E-state index in [1.807, 2.05) is 12.3 Å². The van der Waals surface area contributed by atoms with Crippen molar-refractivity contribution in [1.82, 2.24) is 9.97 Å². The summed E-state index contributed by atoms with van der Waals surface area (Å²) < 4.78 is 1.39. The highest BCUT2D eigenvalue weighted by Gasteiger charge is 2.23. The molecule has 1 fully saturated rings. The normalized spacial score (nSPS) is 23.7. The van der Waals surface area contributed by atoms with E-state index < -0.39 is 0 Å². The Morgan fingerprint density at radius 2 is 2.21 bits per heavy atom. The summed E-state index contributed by atoms with van der Waals surface area (Å²) in [5, 5.41) is 0. The van der Waals surface area contributed by atoms with Gasteiger partial charge in [-0.05, 0) is 25.3 Å². The van der Waals surface area contributed by atoms with Crippen molar-refractivity contribution in [2.24, 2.45) is 5.73 Å². The Morgan fingerprint density at radius 1 is 1.37 bits per heavy atom. The molecule has 2 heterocycles. The Bertz CT molecular complexity index is 578. The fourth-order valence-corrected chi connectivity index (χ4v) is 4.17. The Hall–Kier alpha value is -0.550. The first-order valence-electron chi connectivity index (χ1n) is 6.39. The van der Waals surface area contributed by atoms with Gasteiger partial charge in [0.2, 0.25) is 0 Å². The quantitative estimate of drug-likeness (QED) is 0.861. The lowest BCUT2D eigenvalue weighted by atomic mass is 9.86. The lowest BCUT2D eigenvalue weighted by Gasteiger charge is -2.24. The second kappa shape index (κ2) is 5.44. The minimum absolute atomic E-state index is 0.298. The number of nitrogens with zero attached hydrogens (tertiary/aromatic N) is 1. The highest BCUT2D eigenvalue weighted by molar-refractivity contribution is 7.20. The van der Waals surface area contributed by atoms with Crippen LogP contribution in [0.2, 0.25) is 8.67 Å². The molecular weight excluding hydrogens is 301 g/mol. The first-order chi connectivity index (χ1) is 9.13. The molecule has 0 spiro atoms. The second-order valence-electron chi connectivity index (χ2n) is 5.04. The number of nitrogens with one attached hydrogen (secondary N) is 1. The molecule has 3 nitrogen and oxygen atoms in total. The number of halogens is 2. The van der Waals surface area contributed by atoms with Crippen LogP contribution in [0.5, 0.6) is 0 Å². The molecular formula is C13H15Cl2N3S. The van der Waals surface area contributed by atoms with E-state index in [1.54, 1.807) is 0 Å². The van der Waals surface area contributed by atoms with Gasteiger partial charge in [-0.2, -0.15) is 0 Å². The van der Waals surface area contributed by atoms with Crippen LogP contribution >= 0.6 is 34.5 Å². The van der Waals surface area contributed by atoms with Crippen molar-refractivity contribution in [3.63, 3.8) is 0 Å². The summed E-state index contributed by atoms with van der Waals surface area (Å²) in [5.74, 6) is 1.45. The summed E-state index contributed by atoms with van der Waals surface area (Å²) >= 11 is 13.5. The summed E-state index contributed by atoms with van der Waals surface area (Å²) in [6.07, 6.45) is 6.28. The molecule has 0 aliphatic heterocycles. The highest BCUT2D eigenvalue weighted by atomic mass is 35.5. The molecule has 0 bridgehead atoms. The molecule has 2 atom stereocenters. The van der Waals surface area contributed by atoms with Crippen LogP contribution in [0.1, 0.15) is 37.4 Å². The molecule has 0 saturated heterocycles. The van der Waals surface area contributed by atoms with E-state index in [4.69, 9.17) is 28.9 Å². The van der Waals surface area contributed by atoms with Crippen LogP contribution < -0.4 is 5.73 Å². The maximum absolute atomic E-state index is 6.16. The van der Waals surface area contributed by atoms with Crippen LogP contribution in [-0.4, -0.2) is 16.0 Å². The van der Waals surface area contributed by atoms with E-state index in [2.05, 4.69) is 9.97 Å². The lowest BCUT2D eigenvalue weighted by molar-refractivity contribution is 0.383. The molecule has 2 aromatic heterocycles. The van der Waals surface area contributed by atoms with Gasteiger partial charge in [0.25, 0.3) is 0 Å². The topological polar surface area (TPSA) is 54.7 Å². The predicted octanol–water partition coefficient (Wildman–Crippen LogP) is 4.43. The van der Waals surface area contributed by atoms with Crippen molar-refractivity contribution < 1.29 is 0 Å². The molecule has 102 valence electrons. The maximum Gasteiger partial charge on any atom is 0.109 e. The van der Waals surface area contributed by atoms with Gasteiger partial charge in [0, 0.05) is 17.5 Å². The molecule has 6 heteroatoms. The van der Waals surface area contributed by atoms with Gasteiger partial charge < -0.3 is 10.7 Å². The van der Waals surface area contributed by atoms with Crippen LogP contribution in [0.15, 0.2) is 12.3 Å². The van der Waals surface area contributed by atoms with Crippen LogP contribution in [-0.2, 0) is 0 Å². The molecule has 19 heavy (non-hydrogen) atoms. The highest BCUT2D eigenvalue weighted by Crippen LogP contribution is 2.38. The molecule has 2 unspecified atom stereocenters. The molecule has 2 aromatic rings. The van der Waals surface area contributed by atoms with Crippen molar-refractivity contribution in [2.45, 2.75) is 37.6 Å². The summed E-state index contributed by atoms with van der Waals surface area (Å²) in [7, 11) is 0. The lowest BCUT2D eigenvalue weighted by Crippen LogP contribution is -2.27. The van der Waals surface area contributed by atoms with Gasteiger partial charge in [0.1, 0.15) is 10.2 Å². The van der Waals surface area contributed by atoms with Gasteiger partial charge in [-0.15, -0.1) is 11.3 Å². The third kappa shape index (κ3) is 2.82. The van der Waals surface area contributed by atoms with E-state index in [-0.39, 0.29) is 0 Å². The van der Waals surface area contributed by atoms with E-state index >= 15 is 0 Å². The first kappa shape index (κ1) is 13.4. The van der Waals surface area contributed by atoms with Crippen molar-refractivity contribution in [3.8, 4) is 11.3 Å². The molecule has 1 saturated carbocycles. The summed E-state index contributed by atoms with van der Waals surface area (Å²) in [5.41, 5.74) is 7.89. The SMILES string of the molecule is NC1CCCC(c2ncc(-c3cc(Cl)sc3Cl)[nH]2)C1. The van der Waals surface area contributed by atoms with E-state index in [1.165, 1.54) is 17.8 Å². The number of aromatic nitrogens is 2. The Morgan fingerprint density at radius 3 is 2.89 bits per heavy atom. The van der Waals surface area contributed by atoms with Crippen molar-refractivity contribution >= 4 is 34.5 Å². The summed E-state index contributed by atoms with van der Waals surface area (Å²) in [6.45, 7) is 0. The van der Waals surface area contributed by atoms with Crippen molar-refractivity contribution in [1.29, 1.82) is 0 Å². The van der Waals surface area contributed by atoms with E-state index in [0.717, 1.165) is 36.3 Å². The predicted molar refractivity (Wildman–Crippen MR) is 81.1 cm³/mol. The standard InChI is InChI=1S/C13H15Cl2N3S/c14-11-5-9(12(15)19-11)10-6-17-13(18-10)7-2-1-3-8(16)4-7/h5-8H,1-4,16H2,(H,17,18). The molecule has 0 aromatic carbocycles. The fraction of sp³-hybridized carbons (Fsp3) is 0.462. The zero-order valence-electron chi connectivity index (χ0n) is 10.3. The van der Waals surface area contributed by atoms with Gasteiger partial charge in [0.05, 0.1) is 16.2 Å². The van der Waals surface area contributed by atoms with Gasteiger partial charge in [0.15, 0.2) is 0 Å². The number of thiophene rings is 1. The summed E-state index contributed by atoms with van der Waals surface area (Å²) in [4.78, 5) is 7.86. The van der Waals surface area contributed by atoms with E-state index in [0.29, 0.717) is 20.6 Å². The number of aromatic amines is 1. The molecule has 0 amide bonds. The number of H-pyrrole nitrogens is 1. The second-order valence-corrected chi connectivity index (χ2v) is 7.33. The zero-order valence-corrected chi connectivity index (χ0v) is 12.7. The van der Waals surface area contributed by atoms with Gasteiger partial charge in [-0.1, -0.05) is 29.6 Å². The minimum atomic E-state index is 0.298. The number of rotatable bonds is 2. The minimum Gasteiger partial charge on any atom is -0.342 e. The zero-order chi connectivity index (χ0) is 13.4. The molecule has 0 radical (unpaired) electrons. The third-order valence-corrected chi connectivity index (χ3v) is 5.13. The monoisotopic (exact) mass is 315 g/mol. The largest absolute Gasteiger partial charge is 0.342 e. The van der Waals surface area contributed by atoms with Crippen LogP contribution in [0.25, 0.3) is 11.3 Å². The van der Waals surface area contributed by atoms with E-state index in [9.17, 15) is 0 Å². The van der Waals surface area contributed by atoms with Crippen LogP contribution in [0.3, 0.4) is 0 Å². The number of imidazole rings is 1. The summed E-state index contributed by atoms with van der Waals surface area (Å²) in [6, 6.07) is 2.17. The number of nitrogens with two attached hydrogens (primary N) is 1. The van der Waals surface area contributed by atoms with Gasteiger partial charge in [-0.3, -0.25) is 0 Å². The maximum atomic E-state index is 6.16. The average Bonchev–Trinajstić information content (AvgIpc) is 2.96. The Balaban J connectivity index is 1.85. The first-order valence-corrected chi connectivity index (χ1v) is 7.96.